The summed E-state index contributed by atoms with van der Waals surface area (Å²) >= 11 is 5.97. The van der Waals surface area contributed by atoms with Gasteiger partial charge in [0, 0.05) is 23.1 Å². The number of carboxylic acid groups (broad SMARTS) is 1. The number of rotatable bonds is 6. The van der Waals surface area contributed by atoms with Crippen molar-refractivity contribution in [3.05, 3.63) is 86.4 Å². The third kappa shape index (κ3) is 4.64. The van der Waals surface area contributed by atoms with Gasteiger partial charge in [0.1, 0.15) is 0 Å². The number of nitrogens with one attached hydrogen (secondary N) is 1. The molecule has 1 amide bonds. The number of hydrogen-bond acceptors (Lipinski definition) is 5. The fraction of sp³-hybridized carbons (Fsp3) is 0.227. The molecule has 31 heavy (non-hydrogen) atoms. The van der Waals surface area contributed by atoms with Crippen molar-refractivity contribution in [2.75, 3.05) is 0 Å². The number of nitro benzene ring substituents is 1. The normalized spacial score (nSPS) is 20.8. The predicted molar refractivity (Wildman–Crippen MR) is 116 cm³/mol. The van der Waals surface area contributed by atoms with E-state index in [0.29, 0.717) is 22.6 Å². The van der Waals surface area contributed by atoms with Crippen molar-refractivity contribution in [2.45, 2.75) is 25.7 Å². The van der Waals surface area contributed by atoms with Crippen LogP contribution in [0.25, 0.3) is 0 Å². The van der Waals surface area contributed by atoms with E-state index in [0.717, 1.165) is 5.57 Å². The van der Waals surface area contributed by atoms with Gasteiger partial charge in [-0.15, -0.1) is 0 Å². The summed E-state index contributed by atoms with van der Waals surface area (Å²) in [6, 6.07) is 12.4. The Balaban J connectivity index is 1.87. The predicted octanol–water partition coefficient (Wildman–Crippen LogP) is 4.29. The number of nitrogens with zero attached hydrogens (tertiary/aromatic N) is 2. The molecule has 2 atom stereocenters. The lowest BCUT2D eigenvalue weighted by molar-refractivity contribution is -0.384. The number of aliphatic carboxylic acids is 1. The fourth-order valence-electron chi connectivity index (χ4n) is 3.69. The molecule has 8 nitrogen and oxygen atoms in total. The van der Waals surface area contributed by atoms with Crippen LogP contribution in [0.15, 0.2) is 65.3 Å². The fourth-order valence-corrected chi connectivity index (χ4v) is 3.81. The highest BCUT2D eigenvalue weighted by atomic mass is 35.5. The molecule has 0 spiro atoms. The Hall–Kier alpha value is -3.52. The van der Waals surface area contributed by atoms with E-state index in [1.807, 2.05) is 6.92 Å². The molecule has 0 saturated heterocycles. The quantitative estimate of drug-likeness (QED) is 0.227. The summed E-state index contributed by atoms with van der Waals surface area (Å²) in [4.78, 5) is 35.7. The molecule has 0 heterocycles. The van der Waals surface area contributed by atoms with Crippen molar-refractivity contribution in [3.63, 3.8) is 0 Å². The van der Waals surface area contributed by atoms with Gasteiger partial charge in [-0.2, -0.15) is 5.10 Å². The summed E-state index contributed by atoms with van der Waals surface area (Å²) in [5, 5.41) is 25.2. The second-order valence-electron chi connectivity index (χ2n) is 7.39. The van der Waals surface area contributed by atoms with Crippen molar-refractivity contribution in [2.24, 2.45) is 10.5 Å². The summed E-state index contributed by atoms with van der Waals surface area (Å²) < 4.78 is 0. The van der Waals surface area contributed by atoms with Crippen molar-refractivity contribution in [1.82, 2.24) is 5.43 Å². The number of carbonyl (C=O) groups excluding carboxylic acids is 1. The van der Waals surface area contributed by atoms with Gasteiger partial charge in [0.05, 0.1) is 11.1 Å². The van der Waals surface area contributed by atoms with Gasteiger partial charge < -0.3 is 5.11 Å². The van der Waals surface area contributed by atoms with Crippen LogP contribution >= 0.6 is 11.6 Å². The molecule has 0 radical (unpaired) electrons. The van der Waals surface area contributed by atoms with Crippen LogP contribution < -0.4 is 5.43 Å². The van der Waals surface area contributed by atoms with E-state index in [9.17, 15) is 24.8 Å². The molecule has 2 unspecified atom stereocenters. The van der Waals surface area contributed by atoms with Crippen molar-refractivity contribution in [3.8, 4) is 0 Å². The summed E-state index contributed by atoms with van der Waals surface area (Å²) in [6.45, 7) is 1.90. The number of carboxylic acids is 1. The number of nitro groups is 1. The Morgan fingerprint density at radius 3 is 2.45 bits per heavy atom. The molecule has 2 aromatic rings. The minimum atomic E-state index is -1.74. The minimum absolute atomic E-state index is 0.0281. The number of benzene rings is 2. The molecule has 3 rings (SSSR count). The Morgan fingerprint density at radius 1 is 1.23 bits per heavy atom. The van der Waals surface area contributed by atoms with Gasteiger partial charge in [-0.3, -0.25) is 19.7 Å². The second-order valence-corrected chi connectivity index (χ2v) is 7.82. The van der Waals surface area contributed by atoms with Gasteiger partial charge in [0.25, 0.3) is 11.6 Å². The molecule has 9 heteroatoms. The maximum atomic E-state index is 13.1. The van der Waals surface area contributed by atoms with Crippen molar-refractivity contribution >= 4 is 35.4 Å². The lowest BCUT2D eigenvalue weighted by Gasteiger charge is -2.38. The van der Waals surface area contributed by atoms with Gasteiger partial charge >= 0.3 is 5.97 Å². The maximum Gasteiger partial charge on any atom is 0.320 e. The first kappa shape index (κ1) is 22.2. The number of allylic oxidation sites excluding steroid dienone is 2. The highest BCUT2D eigenvalue weighted by Crippen LogP contribution is 2.47. The number of hydrazone groups is 1. The highest BCUT2D eigenvalue weighted by molar-refractivity contribution is 6.30. The average molecular weight is 442 g/mol. The van der Waals surface area contributed by atoms with Crippen LogP contribution in [0.3, 0.4) is 0 Å². The molecule has 0 fully saturated rings. The van der Waals surface area contributed by atoms with E-state index >= 15 is 0 Å². The van der Waals surface area contributed by atoms with Crippen LogP contribution in [0.5, 0.6) is 0 Å². The molecule has 0 aliphatic heterocycles. The number of carbonyl (C=O) groups is 2. The van der Waals surface area contributed by atoms with E-state index < -0.39 is 28.1 Å². The molecular formula is C22H20ClN3O5. The number of hydrogen-bond donors (Lipinski definition) is 2. The topological polar surface area (TPSA) is 122 Å². The van der Waals surface area contributed by atoms with Crippen LogP contribution in [-0.2, 0) is 9.59 Å². The summed E-state index contributed by atoms with van der Waals surface area (Å²) in [5.41, 5.74) is 2.76. The standard InChI is InChI=1S/C22H20ClN3O5/c1-14-10-11-22(21(28)29,19(12-14)16-4-6-17(23)7-5-16)20(27)25-24-13-15-2-8-18(9-3-15)26(30)31/h2-10,13,19H,11-12H2,1H3,(H,25,27)(H,28,29). The summed E-state index contributed by atoms with van der Waals surface area (Å²) in [7, 11) is 0. The molecular weight excluding hydrogens is 422 g/mol. The van der Waals surface area contributed by atoms with Gasteiger partial charge in [-0.25, -0.2) is 5.43 Å². The lowest BCUT2D eigenvalue weighted by Crippen LogP contribution is -2.50. The molecule has 2 N–H and O–H groups in total. The number of non-ortho nitro benzene ring substituents is 1. The zero-order chi connectivity index (χ0) is 22.6. The van der Waals surface area contributed by atoms with Gasteiger partial charge in [-0.05, 0) is 55.2 Å². The van der Waals surface area contributed by atoms with Crippen molar-refractivity contribution < 1.29 is 19.6 Å². The third-order valence-corrected chi connectivity index (χ3v) is 5.69. The van der Waals surface area contributed by atoms with Crippen LogP contribution in [-0.4, -0.2) is 28.1 Å². The minimum Gasteiger partial charge on any atom is -0.480 e. The number of amides is 1. The van der Waals surface area contributed by atoms with E-state index in [2.05, 4.69) is 10.5 Å². The van der Waals surface area contributed by atoms with E-state index in [-0.39, 0.29) is 12.1 Å². The Kier molecular flexibility index (Phi) is 6.50. The van der Waals surface area contributed by atoms with Gasteiger partial charge in [0.2, 0.25) is 0 Å². The smallest absolute Gasteiger partial charge is 0.320 e. The molecule has 1 aliphatic rings. The number of halogens is 1. The zero-order valence-corrected chi connectivity index (χ0v) is 17.4. The molecule has 0 saturated carbocycles. The van der Waals surface area contributed by atoms with Crippen LogP contribution in [0.2, 0.25) is 5.02 Å². The van der Waals surface area contributed by atoms with Gasteiger partial charge in [-0.1, -0.05) is 35.4 Å². The molecule has 1 aliphatic carbocycles. The maximum absolute atomic E-state index is 13.1. The first-order valence-corrected chi connectivity index (χ1v) is 9.84. The van der Waals surface area contributed by atoms with E-state index in [1.165, 1.54) is 30.5 Å². The Bertz CT molecular complexity index is 1060. The zero-order valence-electron chi connectivity index (χ0n) is 16.6. The Morgan fingerprint density at radius 2 is 1.87 bits per heavy atom. The Labute approximate surface area is 183 Å². The molecule has 2 aromatic carbocycles. The molecule has 0 bridgehead atoms. The van der Waals surface area contributed by atoms with E-state index in [4.69, 9.17) is 11.6 Å². The van der Waals surface area contributed by atoms with Gasteiger partial charge in [0.15, 0.2) is 5.41 Å². The van der Waals surface area contributed by atoms with Crippen LogP contribution in [0.1, 0.15) is 36.8 Å². The summed E-state index contributed by atoms with van der Waals surface area (Å²) in [6.07, 6.45) is 3.51. The molecule has 0 aromatic heterocycles. The van der Waals surface area contributed by atoms with Crippen molar-refractivity contribution in [1.29, 1.82) is 0 Å². The van der Waals surface area contributed by atoms with Crippen LogP contribution in [0.4, 0.5) is 5.69 Å². The monoisotopic (exact) mass is 441 g/mol. The SMILES string of the molecule is CC1=CCC(C(=O)O)(C(=O)NN=Cc2ccc([N+](=O)[O-])cc2)C(c2ccc(Cl)cc2)C1. The second kappa shape index (κ2) is 9.09. The highest BCUT2D eigenvalue weighted by Gasteiger charge is 2.53. The molecule has 160 valence electrons. The van der Waals surface area contributed by atoms with Crippen LogP contribution in [0, 0.1) is 15.5 Å². The summed E-state index contributed by atoms with van der Waals surface area (Å²) in [5.74, 6) is -2.57. The van der Waals surface area contributed by atoms with E-state index in [1.54, 1.807) is 30.3 Å². The first-order chi connectivity index (χ1) is 14.7. The first-order valence-electron chi connectivity index (χ1n) is 9.46. The largest absolute Gasteiger partial charge is 0.480 e. The lowest BCUT2D eigenvalue weighted by atomic mass is 9.64. The third-order valence-electron chi connectivity index (χ3n) is 5.44. The average Bonchev–Trinajstić information content (AvgIpc) is 2.74.